The van der Waals surface area contributed by atoms with Gasteiger partial charge in [-0.15, -0.1) is 24.0 Å². The molecule has 146 valence electrons. The fourth-order valence-electron chi connectivity index (χ4n) is 3.17. The van der Waals surface area contributed by atoms with Gasteiger partial charge in [-0.2, -0.15) is 5.10 Å². The third-order valence-electron chi connectivity index (χ3n) is 4.55. The fraction of sp³-hybridized carbons (Fsp3) is 0.667. The second kappa shape index (κ2) is 10.9. The lowest BCUT2D eigenvalue weighted by molar-refractivity contribution is -0.00803. The van der Waals surface area contributed by atoms with Gasteiger partial charge in [0, 0.05) is 38.4 Å². The Kier molecular flexibility index (Phi) is 8.86. The first-order chi connectivity index (χ1) is 12.3. The number of aryl methyl sites for hydroxylation is 1. The van der Waals surface area contributed by atoms with E-state index in [0.717, 1.165) is 63.8 Å². The van der Waals surface area contributed by atoms with Crippen LogP contribution in [0.1, 0.15) is 31.4 Å². The minimum absolute atomic E-state index is 0. The molecule has 0 aromatic carbocycles. The van der Waals surface area contributed by atoms with Crippen molar-refractivity contribution in [3.05, 3.63) is 29.6 Å². The second-order valence-corrected chi connectivity index (χ2v) is 6.43. The Balaban J connectivity index is 0.00000243. The van der Waals surface area contributed by atoms with Crippen molar-refractivity contribution in [1.82, 2.24) is 20.0 Å². The Labute approximate surface area is 172 Å². The molecule has 1 atom stereocenters. The Morgan fingerprint density at radius 3 is 3.00 bits per heavy atom. The topological polar surface area (TPSA) is 63.9 Å². The van der Waals surface area contributed by atoms with Crippen molar-refractivity contribution in [2.24, 2.45) is 12.0 Å². The van der Waals surface area contributed by atoms with Crippen molar-refractivity contribution in [3.8, 4) is 0 Å². The summed E-state index contributed by atoms with van der Waals surface area (Å²) in [4.78, 5) is 7.13. The summed E-state index contributed by atoms with van der Waals surface area (Å²) in [6.45, 7) is 7.73. The van der Waals surface area contributed by atoms with Crippen LogP contribution in [0.5, 0.6) is 0 Å². The van der Waals surface area contributed by atoms with Gasteiger partial charge >= 0.3 is 0 Å². The van der Waals surface area contributed by atoms with Crippen molar-refractivity contribution in [2.75, 3.05) is 46.0 Å². The minimum Gasteiger partial charge on any atom is -0.377 e. The first-order valence-electron chi connectivity index (χ1n) is 9.15. The summed E-state index contributed by atoms with van der Waals surface area (Å²) >= 11 is 0. The summed E-state index contributed by atoms with van der Waals surface area (Å²) < 4.78 is 13.1. The Hall–Kier alpha value is -1.13. The lowest BCUT2D eigenvalue weighted by atomic mass is 10.1. The molecule has 1 unspecified atom stereocenters. The van der Waals surface area contributed by atoms with Crippen molar-refractivity contribution in [1.29, 1.82) is 0 Å². The maximum Gasteiger partial charge on any atom is 0.194 e. The Morgan fingerprint density at radius 2 is 2.31 bits per heavy atom. The lowest BCUT2D eigenvalue weighted by Crippen LogP contribution is -2.48. The monoisotopic (exact) mass is 475 g/mol. The molecule has 2 aliphatic heterocycles. The molecule has 1 aromatic rings. The number of nitrogens with zero attached hydrogens (tertiary/aromatic N) is 4. The van der Waals surface area contributed by atoms with Crippen LogP contribution in [0.25, 0.3) is 0 Å². The zero-order valence-corrected chi connectivity index (χ0v) is 18.0. The predicted molar refractivity (Wildman–Crippen MR) is 113 cm³/mol. The van der Waals surface area contributed by atoms with Crippen LogP contribution in [-0.4, -0.2) is 66.6 Å². The van der Waals surface area contributed by atoms with E-state index in [1.165, 1.54) is 5.57 Å². The number of guanidine groups is 1. The number of nitrogens with one attached hydrogen (secondary N) is 1. The van der Waals surface area contributed by atoms with E-state index in [1.807, 2.05) is 24.1 Å². The van der Waals surface area contributed by atoms with E-state index in [0.29, 0.717) is 6.61 Å². The molecule has 0 spiro atoms. The van der Waals surface area contributed by atoms with Gasteiger partial charge in [0.1, 0.15) is 6.10 Å². The molecular weight excluding hydrogens is 445 g/mol. The number of morpholine rings is 1. The van der Waals surface area contributed by atoms with Gasteiger partial charge in [-0.3, -0.25) is 9.67 Å². The van der Waals surface area contributed by atoms with E-state index in [1.54, 1.807) is 0 Å². The van der Waals surface area contributed by atoms with Crippen molar-refractivity contribution >= 4 is 29.9 Å². The number of ether oxygens (including phenoxy) is 2. The zero-order chi connectivity index (χ0) is 17.5. The molecule has 1 N–H and O–H groups in total. The number of hydrogen-bond donors (Lipinski definition) is 1. The standard InChI is InChI=1S/C18H29N5O2.HI/c1-3-19-18(20-7-4-15-5-9-24-10-6-15)23-8-11-25-17(14-23)16-12-21-22(2)13-16;/h5,12-13,17H,3-4,6-11,14H2,1-2H3,(H,19,20);1H. The van der Waals surface area contributed by atoms with E-state index >= 15 is 0 Å². The molecule has 0 radical (unpaired) electrons. The van der Waals surface area contributed by atoms with E-state index in [4.69, 9.17) is 14.5 Å². The summed E-state index contributed by atoms with van der Waals surface area (Å²) in [6.07, 6.45) is 8.19. The minimum atomic E-state index is 0. The Morgan fingerprint density at radius 1 is 1.42 bits per heavy atom. The van der Waals surface area contributed by atoms with Crippen molar-refractivity contribution in [3.63, 3.8) is 0 Å². The molecule has 7 nitrogen and oxygen atoms in total. The average molecular weight is 475 g/mol. The van der Waals surface area contributed by atoms with Gasteiger partial charge in [0.2, 0.25) is 0 Å². The molecule has 2 aliphatic rings. The van der Waals surface area contributed by atoms with Gasteiger partial charge in [0.15, 0.2) is 5.96 Å². The summed E-state index contributed by atoms with van der Waals surface area (Å²) in [7, 11) is 1.93. The normalized spacial score (nSPS) is 21.2. The van der Waals surface area contributed by atoms with E-state index in [-0.39, 0.29) is 30.1 Å². The molecular formula is C18H30IN5O2. The second-order valence-electron chi connectivity index (χ2n) is 6.43. The van der Waals surface area contributed by atoms with Crippen LogP contribution in [0, 0.1) is 0 Å². The average Bonchev–Trinajstić information content (AvgIpc) is 3.08. The lowest BCUT2D eigenvalue weighted by Gasteiger charge is -2.34. The molecule has 3 rings (SSSR count). The number of rotatable bonds is 5. The summed E-state index contributed by atoms with van der Waals surface area (Å²) in [5.41, 5.74) is 2.58. The van der Waals surface area contributed by atoms with Gasteiger partial charge in [-0.1, -0.05) is 11.6 Å². The summed E-state index contributed by atoms with van der Waals surface area (Å²) in [6, 6.07) is 0. The summed E-state index contributed by atoms with van der Waals surface area (Å²) in [5.74, 6) is 0.979. The molecule has 1 aromatic heterocycles. The molecule has 3 heterocycles. The van der Waals surface area contributed by atoms with Gasteiger partial charge in [0.25, 0.3) is 0 Å². The summed E-state index contributed by atoms with van der Waals surface area (Å²) in [5, 5.41) is 7.68. The van der Waals surface area contributed by atoms with Crippen molar-refractivity contribution < 1.29 is 9.47 Å². The molecule has 0 bridgehead atoms. The van der Waals surface area contributed by atoms with Gasteiger partial charge in [-0.05, 0) is 19.8 Å². The van der Waals surface area contributed by atoms with E-state index in [9.17, 15) is 0 Å². The molecule has 0 amide bonds. The van der Waals surface area contributed by atoms with Crippen molar-refractivity contribution in [2.45, 2.75) is 25.9 Å². The molecule has 0 aliphatic carbocycles. The Bertz CT molecular complexity index is 616. The first-order valence-corrected chi connectivity index (χ1v) is 9.15. The van der Waals surface area contributed by atoms with Crippen LogP contribution in [0.3, 0.4) is 0 Å². The maximum absolute atomic E-state index is 5.93. The number of aromatic nitrogens is 2. The number of aliphatic imine (C=N–C) groups is 1. The zero-order valence-electron chi connectivity index (χ0n) is 15.7. The van der Waals surface area contributed by atoms with Crippen LogP contribution in [0.15, 0.2) is 29.0 Å². The number of halogens is 1. The van der Waals surface area contributed by atoms with Crippen LogP contribution in [0.2, 0.25) is 0 Å². The smallest absolute Gasteiger partial charge is 0.194 e. The quantitative estimate of drug-likeness (QED) is 0.306. The molecule has 8 heteroatoms. The van der Waals surface area contributed by atoms with Crippen LogP contribution < -0.4 is 5.32 Å². The van der Waals surface area contributed by atoms with Gasteiger partial charge < -0.3 is 19.7 Å². The third-order valence-corrected chi connectivity index (χ3v) is 4.55. The van der Waals surface area contributed by atoms with Crippen LogP contribution >= 0.6 is 24.0 Å². The van der Waals surface area contributed by atoms with Gasteiger partial charge in [-0.25, -0.2) is 0 Å². The molecule has 0 saturated carbocycles. The van der Waals surface area contributed by atoms with Gasteiger partial charge in [0.05, 0.1) is 32.6 Å². The van der Waals surface area contributed by atoms with E-state index < -0.39 is 0 Å². The molecule has 26 heavy (non-hydrogen) atoms. The van der Waals surface area contributed by atoms with Crippen LogP contribution in [-0.2, 0) is 16.5 Å². The van der Waals surface area contributed by atoms with Crippen LogP contribution in [0.4, 0.5) is 0 Å². The van der Waals surface area contributed by atoms with E-state index in [2.05, 4.69) is 28.3 Å². The third kappa shape index (κ3) is 5.95. The predicted octanol–water partition coefficient (Wildman–Crippen LogP) is 2.11. The number of hydrogen-bond acceptors (Lipinski definition) is 4. The fourth-order valence-corrected chi connectivity index (χ4v) is 3.17. The SMILES string of the molecule is CCNC(=NCCC1=CCOCC1)N1CCOC(c2cnn(C)c2)C1.I. The highest BCUT2D eigenvalue weighted by Crippen LogP contribution is 2.21. The molecule has 1 saturated heterocycles. The highest BCUT2D eigenvalue weighted by molar-refractivity contribution is 14.0. The molecule has 1 fully saturated rings. The largest absolute Gasteiger partial charge is 0.377 e. The first kappa shape index (κ1) is 21.2. The highest BCUT2D eigenvalue weighted by Gasteiger charge is 2.25. The highest BCUT2D eigenvalue weighted by atomic mass is 127. The maximum atomic E-state index is 5.93.